The molecule has 3 fully saturated rings. The lowest BCUT2D eigenvalue weighted by atomic mass is 9.92. The highest BCUT2D eigenvalue weighted by Crippen LogP contribution is 2.48. The number of carbonyl (C=O) groups excluding carboxylic acids is 1. The molecule has 2 unspecified atom stereocenters. The number of alkyl halides is 2. The summed E-state index contributed by atoms with van der Waals surface area (Å²) in [4.78, 5) is 27.1. The molecule has 1 aromatic heterocycles. The van der Waals surface area contributed by atoms with Crippen molar-refractivity contribution in [2.24, 2.45) is 5.92 Å². The maximum absolute atomic E-state index is 13.2. The van der Waals surface area contributed by atoms with Crippen LogP contribution in [0.3, 0.4) is 0 Å². The number of halogens is 2. The first-order chi connectivity index (χ1) is 12.8. The summed E-state index contributed by atoms with van der Waals surface area (Å²) in [6.45, 7) is 0.613. The molecule has 2 atom stereocenters. The summed E-state index contributed by atoms with van der Waals surface area (Å²) in [7, 11) is 0. The Morgan fingerprint density at radius 3 is 2.56 bits per heavy atom. The molecular formula is C19H24F2N2O3S. The largest absolute Gasteiger partial charge is 0.465 e. The van der Waals surface area contributed by atoms with Crippen molar-refractivity contribution < 1.29 is 23.5 Å². The summed E-state index contributed by atoms with van der Waals surface area (Å²) in [5, 5.41) is 12.3. The summed E-state index contributed by atoms with van der Waals surface area (Å²) in [6, 6.07) is 3.47. The number of hydrogen-bond acceptors (Lipinski definition) is 3. The molecule has 0 bridgehead atoms. The van der Waals surface area contributed by atoms with Crippen molar-refractivity contribution in [3.8, 4) is 0 Å². The Kier molecular flexibility index (Phi) is 4.86. The van der Waals surface area contributed by atoms with Gasteiger partial charge in [0.2, 0.25) is 5.92 Å². The minimum atomic E-state index is -2.60. The molecule has 2 N–H and O–H groups in total. The zero-order valence-corrected chi connectivity index (χ0v) is 15.8. The van der Waals surface area contributed by atoms with Crippen molar-refractivity contribution in [3.63, 3.8) is 0 Å². The number of carboxylic acid groups (broad SMARTS) is 1. The molecule has 148 valence electrons. The maximum Gasteiger partial charge on any atom is 0.407 e. The van der Waals surface area contributed by atoms with Gasteiger partial charge in [-0.25, -0.2) is 13.6 Å². The zero-order valence-electron chi connectivity index (χ0n) is 15.0. The smallest absolute Gasteiger partial charge is 0.407 e. The van der Waals surface area contributed by atoms with Crippen molar-refractivity contribution in [2.75, 3.05) is 6.54 Å². The van der Waals surface area contributed by atoms with Crippen molar-refractivity contribution in [3.05, 3.63) is 21.9 Å². The summed E-state index contributed by atoms with van der Waals surface area (Å²) in [5.41, 5.74) is 0. The van der Waals surface area contributed by atoms with Crippen LogP contribution in [-0.4, -0.2) is 46.6 Å². The van der Waals surface area contributed by atoms with E-state index in [0.29, 0.717) is 30.2 Å². The van der Waals surface area contributed by atoms with Crippen LogP contribution in [0.15, 0.2) is 12.1 Å². The number of hydrogen-bond donors (Lipinski definition) is 2. The lowest BCUT2D eigenvalue weighted by molar-refractivity contribution is -0.0399. The minimum absolute atomic E-state index is 0.0123. The second-order valence-corrected chi connectivity index (χ2v) is 9.21. The van der Waals surface area contributed by atoms with Gasteiger partial charge < -0.3 is 15.3 Å². The van der Waals surface area contributed by atoms with Crippen LogP contribution in [-0.2, 0) is 0 Å². The minimum Gasteiger partial charge on any atom is -0.465 e. The molecule has 3 saturated carbocycles. The van der Waals surface area contributed by atoms with Crippen LogP contribution in [0.25, 0.3) is 0 Å². The second-order valence-electron chi connectivity index (χ2n) is 8.09. The third-order valence-electron chi connectivity index (χ3n) is 5.82. The Bertz CT molecular complexity index is 724. The van der Waals surface area contributed by atoms with Crippen LogP contribution in [0, 0.1) is 5.92 Å². The Balaban J connectivity index is 1.32. The van der Waals surface area contributed by atoms with Gasteiger partial charge in [0.15, 0.2) is 0 Å². The normalized spacial score (nSPS) is 27.2. The molecule has 0 radical (unpaired) electrons. The fraction of sp³-hybridized carbons (Fsp3) is 0.684. The molecular weight excluding hydrogens is 374 g/mol. The van der Waals surface area contributed by atoms with Gasteiger partial charge in [-0.3, -0.25) is 4.79 Å². The topological polar surface area (TPSA) is 69.6 Å². The van der Waals surface area contributed by atoms with Crippen LogP contribution in [0.4, 0.5) is 13.6 Å². The van der Waals surface area contributed by atoms with Crippen molar-refractivity contribution in [1.82, 2.24) is 10.2 Å². The van der Waals surface area contributed by atoms with Gasteiger partial charge >= 0.3 is 6.09 Å². The van der Waals surface area contributed by atoms with E-state index < -0.39 is 12.0 Å². The molecule has 2 amide bonds. The lowest BCUT2D eigenvalue weighted by Crippen LogP contribution is -2.40. The fourth-order valence-electron chi connectivity index (χ4n) is 3.88. The predicted octanol–water partition coefficient (Wildman–Crippen LogP) is 4.30. The molecule has 8 heteroatoms. The van der Waals surface area contributed by atoms with Gasteiger partial charge in [-0.15, -0.1) is 11.3 Å². The average molecular weight is 398 g/mol. The number of carbonyl (C=O) groups is 2. The van der Waals surface area contributed by atoms with E-state index in [9.17, 15) is 23.5 Å². The third kappa shape index (κ3) is 4.42. The average Bonchev–Trinajstić information content (AvgIpc) is 3.53. The van der Waals surface area contributed by atoms with Crippen LogP contribution >= 0.6 is 11.3 Å². The van der Waals surface area contributed by atoms with Gasteiger partial charge in [-0.2, -0.15) is 0 Å². The summed E-state index contributed by atoms with van der Waals surface area (Å²) in [6.07, 6.45) is 2.41. The number of rotatable bonds is 6. The zero-order chi connectivity index (χ0) is 19.2. The Hall–Kier alpha value is -1.70. The number of nitrogens with one attached hydrogen (secondary N) is 1. The maximum atomic E-state index is 13.2. The van der Waals surface area contributed by atoms with Gasteiger partial charge in [0, 0.05) is 42.3 Å². The monoisotopic (exact) mass is 398 g/mol. The molecule has 27 heavy (non-hydrogen) atoms. The van der Waals surface area contributed by atoms with E-state index in [1.54, 1.807) is 11.0 Å². The summed E-state index contributed by atoms with van der Waals surface area (Å²) < 4.78 is 26.4. The Morgan fingerprint density at radius 2 is 1.93 bits per heavy atom. The summed E-state index contributed by atoms with van der Waals surface area (Å²) >= 11 is 1.39. The summed E-state index contributed by atoms with van der Waals surface area (Å²) in [5.74, 6) is -2.14. The standard InChI is InChI=1S/C19H24F2N2O3S/c20-19(21)7-5-12(6-8-19)22-17(24)16-4-3-15(27-16)13-9-14(13)23(18(25)26)10-11-1-2-11/h3-4,11-14H,1-2,5-10H2,(H,22,24)(H,25,26). The van der Waals surface area contributed by atoms with E-state index in [4.69, 9.17) is 0 Å². The van der Waals surface area contributed by atoms with Crippen LogP contribution < -0.4 is 5.32 Å². The highest BCUT2D eigenvalue weighted by atomic mass is 32.1. The quantitative estimate of drug-likeness (QED) is 0.751. The van der Waals surface area contributed by atoms with E-state index >= 15 is 0 Å². The highest BCUT2D eigenvalue weighted by molar-refractivity contribution is 7.14. The van der Waals surface area contributed by atoms with Crippen molar-refractivity contribution >= 4 is 23.3 Å². The van der Waals surface area contributed by atoms with Gasteiger partial charge in [0.05, 0.1) is 4.88 Å². The first-order valence-electron chi connectivity index (χ1n) is 9.60. The van der Waals surface area contributed by atoms with Crippen molar-refractivity contribution in [2.45, 2.75) is 68.9 Å². The SMILES string of the molecule is O=C(NC1CCC(F)(F)CC1)c1ccc(C2CC2N(CC2CC2)C(=O)O)s1. The van der Waals surface area contributed by atoms with Gasteiger partial charge in [-0.1, -0.05) is 0 Å². The molecule has 0 aliphatic heterocycles. The van der Waals surface area contributed by atoms with Crippen LogP contribution in [0.2, 0.25) is 0 Å². The molecule has 1 heterocycles. The highest BCUT2D eigenvalue weighted by Gasteiger charge is 2.47. The Labute approximate surface area is 160 Å². The number of amides is 2. The van der Waals surface area contributed by atoms with E-state index in [-0.39, 0.29) is 36.8 Å². The lowest BCUT2D eigenvalue weighted by Gasteiger charge is -2.28. The first-order valence-corrected chi connectivity index (χ1v) is 10.4. The molecule has 3 aliphatic rings. The van der Waals surface area contributed by atoms with Gasteiger partial charge in [0.1, 0.15) is 0 Å². The van der Waals surface area contributed by atoms with E-state index in [1.165, 1.54) is 11.3 Å². The fourth-order valence-corrected chi connectivity index (χ4v) is 4.96. The molecule has 0 spiro atoms. The van der Waals surface area contributed by atoms with Crippen molar-refractivity contribution in [1.29, 1.82) is 0 Å². The van der Waals surface area contributed by atoms with E-state index in [1.807, 2.05) is 6.07 Å². The van der Waals surface area contributed by atoms with Gasteiger partial charge in [0.25, 0.3) is 5.91 Å². The Morgan fingerprint density at radius 1 is 1.22 bits per heavy atom. The third-order valence-corrected chi connectivity index (χ3v) is 7.04. The van der Waals surface area contributed by atoms with Crippen LogP contribution in [0.1, 0.15) is 65.4 Å². The number of thiophene rings is 1. The molecule has 4 rings (SSSR count). The van der Waals surface area contributed by atoms with E-state index in [0.717, 1.165) is 24.1 Å². The predicted molar refractivity (Wildman–Crippen MR) is 97.6 cm³/mol. The molecule has 1 aromatic rings. The van der Waals surface area contributed by atoms with Crippen LogP contribution in [0.5, 0.6) is 0 Å². The molecule has 0 aromatic carbocycles. The second kappa shape index (κ2) is 7.04. The first kappa shape index (κ1) is 18.7. The van der Waals surface area contributed by atoms with Gasteiger partial charge in [-0.05, 0) is 50.2 Å². The van der Waals surface area contributed by atoms with E-state index in [2.05, 4.69) is 5.32 Å². The molecule has 0 saturated heterocycles. The number of nitrogens with zero attached hydrogens (tertiary/aromatic N) is 1. The molecule has 5 nitrogen and oxygen atoms in total. The molecule has 3 aliphatic carbocycles.